The summed E-state index contributed by atoms with van der Waals surface area (Å²) in [6.45, 7) is 1.63. The van der Waals surface area contributed by atoms with E-state index in [1.807, 2.05) is 30.3 Å². The largest absolute Gasteiger partial charge is 0.481 e. The van der Waals surface area contributed by atoms with Crippen molar-refractivity contribution in [2.24, 2.45) is 0 Å². The summed E-state index contributed by atoms with van der Waals surface area (Å²) in [5, 5.41) is 20.4. The summed E-state index contributed by atoms with van der Waals surface area (Å²) in [6.07, 6.45) is -2.28. The van der Waals surface area contributed by atoms with Gasteiger partial charge in [-0.25, -0.2) is 4.79 Å². The number of carboxylic acids is 1. The van der Waals surface area contributed by atoms with Crippen LogP contribution in [0.2, 0.25) is 0 Å². The topological polar surface area (TPSA) is 95.9 Å². The van der Waals surface area contributed by atoms with E-state index in [2.05, 4.69) is 5.32 Å². The van der Waals surface area contributed by atoms with E-state index in [1.165, 1.54) is 6.92 Å². The number of nitrogens with one attached hydrogen (secondary N) is 1. The first-order valence-corrected chi connectivity index (χ1v) is 5.86. The third-order valence-electron chi connectivity index (χ3n) is 2.52. The molecule has 0 fully saturated rings. The number of alkyl carbamates (subject to hydrolysis) is 1. The molecule has 6 heteroatoms. The summed E-state index contributed by atoms with van der Waals surface area (Å²) >= 11 is 0. The lowest BCUT2D eigenvalue weighted by Gasteiger charge is -2.18. The molecule has 0 aliphatic heterocycles. The lowest BCUT2D eigenvalue weighted by Crippen LogP contribution is -2.42. The van der Waals surface area contributed by atoms with Gasteiger partial charge in [0.2, 0.25) is 0 Å². The molecule has 0 heterocycles. The molecule has 2 atom stereocenters. The second-order valence-corrected chi connectivity index (χ2v) is 4.16. The predicted molar refractivity (Wildman–Crippen MR) is 67.5 cm³/mol. The van der Waals surface area contributed by atoms with Crippen molar-refractivity contribution in [2.75, 3.05) is 0 Å². The number of hydrogen-bond donors (Lipinski definition) is 3. The SMILES string of the molecule is C[C@@H](NC(=O)OCc1ccccc1)C(O)CC(=O)O. The van der Waals surface area contributed by atoms with Crippen LogP contribution in [0.5, 0.6) is 0 Å². The minimum Gasteiger partial charge on any atom is -0.481 e. The monoisotopic (exact) mass is 267 g/mol. The highest BCUT2D eigenvalue weighted by Gasteiger charge is 2.19. The zero-order chi connectivity index (χ0) is 14.3. The van der Waals surface area contributed by atoms with Gasteiger partial charge in [0.05, 0.1) is 18.6 Å². The van der Waals surface area contributed by atoms with Crippen LogP contribution in [0, 0.1) is 0 Å². The standard InChI is InChI=1S/C13H17NO5/c1-9(11(15)7-12(16)17)14-13(18)19-8-10-5-3-2-4-6-10/h2-6,9,11,15H,7-8H2,1H3,(H,14,18)(H,16,17)/t9-,11?/m1/s1. The van der Waals surface area contributed by atoms with E-state index in [4.69, 9.17) is 9.84 Å². The first-order chi connectivity index (χ1) is 8.99. The highest BCUT2D eigenvalue weighted by Crippen LogP contribution is 2.02. The molecule has 6 nitrogen and oxygen atoms in total. The van der Waals surface area contributed by atoms with Crippen LogP contribution in [0.3, 0.4) is 0 Å². The van der Waals surface area contributed by atoms with Gasteiger partial charge in [-0.05, 0) is 12.5 Å². The quantitative estimate of drug-likeness (QED) is 0.718. The van der Waals surface area contributed by atoms with E-state index < -0.39 is 30.6 Å². The summed E-state index contributed by atoms with van der Waals surface area (Å²) in [5.74, 6) is -1.13. The van der Waals surface area contributed by atoms with E-state index >= 15 is 0 Å². The van der Waals surface area contributed by atoms with Crippen LogP contribution in [-0.2, 0) is 16.1 Å². The average Bonchev–Trinajstić information content (AvgIpc) is 2.36. The number of amides is 1. The molecule has 0 aliphatic carbocycles. The maximum absolute atomic E-state index is 11.4. The summed E-state index contributed by atoms with van der Waals surface area (Å²) in [6, 6.07) is 8.45. The minimum absolute atomic E-state index is 0.119. The molecule has 3 N–H and O–H groups in total. The molecule has 1 amide bonds. The Morgan fingerprint density at radius 2 is 1.95 bits per heavy atom. The van der Waals surface area contributed by atoms with Crippen molar-refractivity contribution in [1.29, 1.82) is 0 Å². The smallest absolute Gasteiger partial charge is 0.407 e. The third kappa shape index (κ3) is 5.87. The molecule has 1 rings (SSSR count). The fourth-order valence-electron chi connectivity index (χ4n) is 1.40. The first kappa shape index (κ1) is 15.0. The Hall–Kier alpha value is -2.08. The Labute approximate surface area is 111 Å². The van der Waals surface area contributed by atoms with Crippen molar-refractivity contribution in [3.8, 4) is 0 Å². The highest BCUT2D eigenvalue weighted by molar-refractivity contribution is 5.69. The Balaban J connectivity index is 2.32. The molecule has 19 heavy (non-hydrogen) atoms. The number of ether oxygens (including phenoxy) is 1. The third-order valence-corrected chi connectivity index (χ3v) is 2.52. The molecular weight excluding hydrogens is 250 g/mol. The lowest BCUT2D eigenvalue weighted by atomic mass is 10.1. The van der Waals surface area contributed by atoms with Gasteiger partial charge in [0.15, 0.2) is 0 Å². The Morgan fingerprint density at radius 3 is 2.53 bits per heavy atom. The average molecular weight is 267 g/mol. The van der Waals surface area contributed by atoms with Gasteiger partial charge in [0.25, 0.3) is 0 Å². The zero-order valence-corrected chi connectivity index (χ0v) is 10.6. The van der Waals surface area contributed by atoms with Crippen molar-refractivity contribution in [3.05, 3.63) is 35.9 Å². The van der Waals surface area contributed by atoms with Crippen molar-refractivity contribution in [2.45, 2.75) is 32.1 Å². The molecule has 0 bridgehead atoms. The van der Waals surface area contributed by atoms with Crippen LogP contribution >= 0.6 is 0 Å². The van der Waals surface area contributed by atoms with Crippen LogP contribution in [0.25, 0.3) is 0 Å². The first-order valence-electron chi connectivity index (χ1n) is 5.86. The number of benzene rings is 1. The van der Waals surface area contributed by atoms with Crippen LogP contribution < -0.4 is 5.32 Å². The fourth-order valence-corrected chi connectivity index (χ4v) is 1.40. The number of aliphatic hydroxyl groups is 1. The van der Waals surface area contributed by atoms with Crippen molar-refractivity contribution in [1.82, 2.24) is 5.32 Å². The van der Waals surface area contributed by atoms with Gasteiger partial charge in [-0.1, -0.05) is 30.3 Å². The second kappa shape index (κ2) is 7.38. The summed E-state index contributed by atoms with van der Waals surface area (Å²) in [4.78, 5) is 21.8. The molecule has 0 spiro atoms. The van der Waals surface area contributed by atoms with Crippen LogP contribution in [0.15, 0.2) is 30.3 Å². The molecule has 0 aromatic heterocycles. The van der Waals surface area contributed by atoms with Crippen molar-refractivity contribution >= 4 is 12.1 Å². The Kier molecular flexibility index (Phi) is 5.81. The van der Waals surface area contributed by atoms with Gasteiger partial charge in [-0.3, -0.25) is 4.79 Å². The maximum Gasteiger partial charge on any atom is 0.407 e. The number of carboxylic acid groups (broad SMARTS) is 1. The Morgan fingerprint density at radius 1 is 1.32 bits per heavy atom. The lowest BCUT2D eigenvalue weighted by molar-refractivity contribution is -0.139. The fraction of sp³-hybridized carbons (Fsp3) is 0.385. The Bertz CT molecular complexity index is 420. The van der Waals surface area contributed by atoms with Crippen molar-refractivity contribution in [3.63, 3.8) is 0 Å². The predicted octanol–water partition coefficient (Wildman–Crippen LogP) is 1.14. The van der Waals surface area contributed by atoms with Gasteiger partial charge in [0.1, 0.15) is 6.61 Å². The molecule has 1 unspecified atom stereocenters. The second-order valence-electron chi connectivity index (χ2n) is 4.16. The van der Waals surface area contributed by atoms with Gasteiger partial charge in [-0.2, -0.15) is 0 Å². The summed E-state index contributed by atoms with van der Waals surface area (Å²) < 4.78 is 4.95. The molecule has 1 aromatic rings. The number of aliphatic carboxylic acids is 1. The highest BCUT2D eigenvalue weighted by atomic mass is 16.5. The summed E-state index contributed by atoms with van der Waals surface area (Å²) in [5.41, 5.74) is 0.844. The molecule has 0 saturated heterocycles. The normalized spacial score (nSPS) is 13.4. The number of hydrogen-bond acceptors (Lipinski definition) is 4. The van der Waals surface area contributed by atoms with E-state index in [0.717, 1.165) is 5.56 Å². The van der Waals surface area contributed by atoms with Crippen LogP contribution in [0.4, 0.5) is 4.79 Å². The minimum atomic E-state index is -1.15. The number of carbonyl (C=O) groups is 2. The van der Waals surface area contributed by atoms with Crippen LogP contribution in [0.1, 0.15) is 18.9 Å². The molecule has 1 aromatic carbocycles. The molecule has 0 aliphatic rings. The molecular formula is C13H17NO5. The van der Waals surface area contributed by atoms with Crippen LogP contribution in [-0.4, -0.2) is 34.4 Å². The summed E-state index contributed by atoms with van der Waals surface area (Å²) in [7, 11) is 0. The number of rotatable bonds is 6. The van der Waals surface area contributed by atoms with Gasteiger partial charge in [0, 0.05) is 0 Å². The molecule has 0 saturated carbocycles. The number of aliphatic hydroxyl groups excluding tert-OH is 1. The molecule has 0 radical (unpaired) electrons. The number of carbonyl (C=O) groups excluding carboxylic acids is 1. The van der Waals surface area contributed by atoms with E-state index in [-0.39, 0.29) is 6.61 Å². The van der Waals surface area contributed by atoms with Gasteiger partial charge >= 0.3 is 12.1 Å². The van der Waals surface area contributed by atoms with E-state index in [0.29, 0.717) is 0 Å². The maximum atomic E-state index is 11.4. The molecule has 104 valence electrons. The van der Waals surface area contributed by atoms with Gasteiger partial charge in [-0.15, -0.1) is 0 Å². The van der Waals surface area contributed by atoms with E-state index in [9.17, 15) is 14.7 Å². The van der Waals surface area contributed by atoms with Crippen molar-refractivity contribution < 1.29 is 24.5 Å². The zero-order valence-electron chi connectivity index (χ0n) is 10.6. The van der Waals surface area contributed by atoms with Gasteiger partial charge < -0.3 is 20.3 Å². The van der Waals surface area contributed by atoms with E-state index in [1.54, 1.807) is 0 Å².